The number of rotatable bonds is 3. The molecular weight excluding hydrogens is 348 g/mol. The molecule has 0 saturated heterocycles. The molecule has 2 saturated carbocycles. The van der Waals surface area contributed by atoms with Gasteiger partial charge in [-0.3, -0.25) is 0 Å². The van der Waals surface area contributed by atoms with Crippen molar-refractivity contribution in [1.29, 1.82) is 0 Å². The molecule has 2 fully saturated rings. The van der Waals surface area contributed by atoms with Gasteiger partial charge in [-0.2, -0.15) is 0 Å². The molecule has 1 N–H and O–H groups in total. The maximum Gasteiger partial charge on any atom is 2.00 e. The van der Waals surface area contributed by atoms with Crippen molar-refractivity contribution < 1.29 is 22.2 Å². The molecule has 0 aliphatic heterocycles. The van der Waals surface area contributed by atoms with Gasteiger partial charge in [0.05, 0.1) is 0 Å². The summed E-state index contributed by atoms with van der Waals surface area (Å²) in [7, 11) is 0. The SMILES string of the molecule is OC([C]1[CH][CH][CH][CH]1)(c1ccccc1)c1ccccc1.[CH]1[CH][CH][CH][CH]1.[Fe+2]. The largest absolute Gasteiger partial charge is 2.00 e. The van der Waals surface area contributed by atoms with E-state index in [4.69, 9.17) is 0 Å². The maximum atomic E-state index is 11.3. The Hall–Kier alpha value is -1.08. The van der Waals surface area contributed by atoms with Crippen LogP contribution in [0, 0.1) is 63.7 Å². The van der Waals surface area contributed by atoms with Crippen molar-refractivity contribution in [2.24, 2.45) is 0 Å². The fraction of sp³-hybridized carbons (Fsp3) is 0.0435. The molecule has 124 valence electrons. The molecule has 0 aromatic heterocycles. The Bertz CT molecular complexity index is 539. The average molecular weight is 368 g/mol. The molecule has 0 spiro atoms. The Kier molecular flexibility index (Phi) is 8.22. The van der Waals surface area contributed by atoms with E-state index in [-0.39, 0.29) is 17.1 Å². The van der Waals surface area contributed by atoms with Gasteiger partial charge in [0.15, 0.2) is 0 Å². The van der Waals surface area contributed by atoms with Gasteiger partial charge in [0.2, 0.25) is 0 Å². The predicted octanol–water partition coefficient (Wildman–Crippen LogP) is 4.35. The van der Waals surface area contributed by atoms with Crippen LogP contribution in [-0.4, -0.2) is 5.11 Å². The average Bonchev–Trinajstić information content (AvgIpc) is 3.38. The fourth-order valence-electron chi connectivity index (χ4n) is 2.79. The van der Waals surface area contributed by atoms with Crippen molar-refractivity contribution in [3.63, 3.8) is 0 Å². The molecule has 0 amide bonds. The van der Waals surface area contributed by atoms with Gasteiger partial charge in [0, 0.05) is 5.92 Å². The van der Waals surface area contributed by atoms with Gasteiger partial charge >= 0.3 is 17.1 Å². The van der Waals surface area contributed by atoms with E-state index in [9.17, 15) is 5.11 Å². The van der Waals surface area contributed by atoms with E-state index in [2.05, 4.69) is 0 Å². The first-order valence-electron chi connectivity index (χ1n) is 8.04. The fourth-order valence-corrected chi connectivity index (χ4v) is 2.79. The van der Waals surface area contributed by atoms with Crippen LogP contribution in [0.15, 0.2) is 60.7 Å². The predicted molar refractivity (Wildman–Crippen MR) is 97.8 cm³/mol. The maximum absolute atomic E-state index is 11.3. The van der Waals surface area contributed by atoms with Crippen LogP contribution in [0.4, 0.5) is 0 Å². The summed E-state index contributed by atoms with van der Waals surface area (Å²) in [5.74, 6) is 0.893. The van der Waals surface area contributed by atoms with Gasteiger partial charge in [-0.15, -0.1) is 0 Å². The molecule has 2 aliphatic rings. The minimum absolute atomic E-state index is 0. The Morgan fingerprint density at radius 2 is 0.880 bits per heavy atom. The Labute approximate surface area is 163 Å². The third-order valence-electron chi connectivity index (χ3n) is 4.02. The molecule has 1 nitrogen and oxygen atoms in total. The molecular formula is C23H20FeO+2. The molecule has 10 radical (unpaired) electrons. The third-order valence-corrected chi connectivity index (χ3v) is 4.02. The number of hydrogen-bond acceptors (Lipinski definition) is 1. The van der Waals surface area contributed by atoms with E-state index >= 15 is 0 Å². The van der Waals surface area contributed by atoms with Crippen molar-refractivity contribution >= 4 is 0 Å². The molecule has 2 aliphatic carbocycles. The Morgan fingerprint density at radius 1 is 0.520 bits per heavy atom. The molecule has 25 heavy (non-hydrogen) atoms. The minimum Gasteiger partial charge on any atom is -0.380 e. The van der Waals surface area contributed by atoms with Crippen molar-refractivity contribution in [1.82, 2.24) is 0 Å². The van der Waals surface area contributed by atoms with E-state index in [0.717, 1.165) is 17.0 Å². The van der Waals surface area contributed by atoms with Crippen LogP contribution in [0.1, 0.15) is 11.1 Å². The number of hydrogen-bond donors (Lipinski definition) is 1. The van der Waals surface area contributed by atoms with E-state index in [1.807, 2.05) is 118 Å². The van der Waals surface area contributed by atoms with Gasteiger partial charge in [-0.25, -0.2) is 0 Å². The smallest absolute Gasteiger partial charge is 0.380 e. The second-order valence-corrected chi connectivity index (χ2v) is 5.58. The van der Waals surface area contributed by atoms with Crippen molar-refractivity contribution in [3.05, 3.63) is 135 Å². The second-order valence-electron chi connectivity index (χ2n) is 5.58. The van der Waals surface area contributed by atoms with Gasteiger partial charge < -0.3 is 5.11 Å². The van der Waals surface area contributed by atoms with Crippen LogP contribution >= 0.6 is 0 Å². The first-order chi connectivity index (χ1) is 11.8. The first kappa shape index (κ1) is 20.2. The Morgan fingerprint density at radius 3 is 1.24 bits per heavy atom. The van der Waals surface area contributed by atoms with E-state index in [1.54, 1.807) is 0 Å². The van der Waals surface area contributed by atoms with Gasteiger partial charge in [0.1, 0.15) is 5.60 Å². The Balaban J connectivity index is 0.000000325. The third kappa shape index (κ3) is 4.97. The topological polar surface area (TPSA) is 20.2 Å². The molecule has 0 bridgehead atoms. The van der Waals surface area contributed by atoms with E-state index in [0.29, 0.717) is 0 Å². The van der Waals surface area contributed by atoms with Crippen LogP contribution in [-0.2, 0) is 22.7 Å². The summed E-state index contributed by atoms with van der Waals surface area (Å²) in [4.78, 5) is 0. The molecule has 2 heteroatoms. The number of aliphatic hydroxyl groups is 1. The van der Waals surface area contributed by atoms with Crippen molar-refractivity contribution in [2.75, 3.05) is 0 Å². The zero-order chi connectivity index (χ0) is 16.7. The summed E-state index contributed by atoms with van der Waals surface area (Å²) in [6.45, 7) is 0. The summed E-state index contributed by atoms with van der Waals surface area (Å²) in [5, 5.41) is 11.3. The zero-order valence-corrected chi connectivity index (χ0v) is 14.9. The van der Waals surface area contributed by atoms with Crippen molar-refractivity contribution in [3.8, 4) is 0 Å². The van der Waals surface area contributed by atoms with Crippen LogP contribution < -0.4 is 0 Å². The molecule has 0 atom stereocenters. The van der Waals surface area contributed by atoms with E-state index < -0.39 is 5.60 Å². The van der Waals surface area contributed by atoms with Gasteiger partial charge in [0.25, 0.3) is 0 Å². The number of benzene rings is 2. The summed E-state index contributed by atoms with van der Waals surface area (Å²) in [6.07, 6.45) is 17.8. The quantitative estimate of drug-likeness (QED) is 0.799. The molecule has 4 rings (SSSR count). The normalized spacial score (nSPS) is 17.5. The minimum atomic E-state index is -1.09. The standard InChI is InChI=1S/C18H15O.C5H5.Fe/c19-18(17-13-7-8-14-17,15-9-3-1-4-10-15)16-11-5-2-6-12-16;1-2-4-5-3-1;/h1-14,19H;1-5H;/q;;+2. The molecule has 2 aromatic carbocycles. The molecule has 0 unspecified atom stereocenters. The zero-order valence-electron chi connectivity index (χ0n) is 13.8. The first-order valence-corrected chi connectivity index (χ1v) is 8.04. The van der Waals surface area contributed by atoms with Crippen LogP contribution in [0.5, 0.6) is 0 Å². The summed E-state index contributed by atoms with van der Waals surface area (Å²) >= 11 is 0. The van der Waals surface area contributed by atoms with Gasteiger partial charge in [-0.1, -0.05) is 60.7 Å². The van der Waals surface area contributed by atoms with Crippen LogP contribution in [0.25, 0.3) is 0 Å². The second kappa shape index (κ2) is 10.2. The monoisotopic (exact) mass is 368 g/mol. The molecule has 0 heterocycles. The van der Waals surface area contributed by atoms with Crippen LogP contribution in [0.2, 0.25) is 0 Å². The van der Waals surface area contributed by atoms with Gasteiger partial charge in [-0.05, 0) is 68.9 Å². The van der Waals surface area contributed by atoms with Crippen LogP contribution in [0.3, 0.4) is 0 Å². The summed E-state index contributed by atoms with van der Waals surface area (Å²) in [6, 6.07) is 19.6. The van der Waals surface area contributed by atoms with E-state index in [1.165, 1.54) is 0 Å². The summed E-state index contributed by atoms with van der Waals surface area (Å²) < 4.78 is 0. The summed E-state index contributed by atoms with van der Waals surface area (Å²) in [5.41, 5.74) is 0.672. The molecule has 2 aromatic rings. The van der Waals surface area contributed by atoms with Crippen molar-refractivity contribution in [2.45, 2.75) is 5.60 Å².